The van der Waals surface area contributed by atoms with Crippen LogP contribution in [-0.2, 0) is 21.9 Å². The van der Waals surface area contributed by atoms with Gasteiger partial charge in [0.15, 0.2) is 0 Å². The predicted octanol–water partition coefficient (Wildman–Crippen LogP) is 7.38. The van der Waals surface area contributed by atoms with Crippen LogP contribution in [0.3, 0.4) is 0 Å². The number of piperidine rings is 1. The summed E-state index contributed by atoms with van der Waals surface area (Å²) in [6.45, 7) is 9.31. The molecule has 0 spiro atoms. The molecule has 44 heavy (non-hydrogen) atoms. The smallest absolute Gasteiger partial charge is 0.308 e. The summed E-state index contributed by atoms with van der Waals surface area (Å²) in [6.07, 6.45) is 4.04. The van der Waals surface area contributed by atoms with Crippen molar-refractivity contribution in [2.24, 2.45) is 5.92 Å². The van der Waals surface area contributed by atoms with Crippen LogP contribution in [0.2, 0.25) is 0 Å². The Bertz CT molecular complexity index is 1710. The van der Waals surface area contributed by atoms with E-state index < -0.39 is 10.0 Å². The second kappa shape index (κ2) is 13.2. The largest absolute Gasteiger partial charge is 0.324 e. The van der Waals surface area contributed by atoms with E-state index in [-0.39, 0.29) is 11.4 Å². The zero-order chi connectivity index (χ0) is 31.3. The lowest BCUT2D eigenvalue weighted by Gasteiger charge is -2.30. The Kier molecular flexibility index (Phi) is 9.36. The average Bonchev–Trinajstić information content (AvgIpc) is 3.42. The van der Waals surface area contributed by atoms with Crippen molar-refractivity contribution in [1.29, 1.82) is 0 Å². The van der Waals surface area contributed by atoms with Gasteiger partial charge in [-0.3, -0.25) is 5.32 Å². The number of carbonyl (C=O) groups is 1. The third-order valence-corrected chi connectivity index (χ3v) is 9.44. The van der Waals surface area contributed by atoms with E-state index in [1.807, 2.05) is 85.8 Å². The van der Waals surface area contributed by atoms with Gasteiger partial charge in [0.05, 0.1) is 11.4 Å². The Balaban J connectivity index is 1.19. The van der Waals surface area contributed by atoms with E-state index in [1.165, 1.54) is 5.41 Å². The summed E-state index contributed by atoms with van der Waals surface area (Å²) < 4.78 is 29.0. The standard InChI is InChI=1S/C35H41N5O3S/c1-26-13-15-31(16-14-26)40-33(25-32(38-40)35(2,3)4)37-34(41)36-30-12-8-11-29(24-30)23-28-17-20-39(21-18-28)44(42,43)22-19-27-9-6-5-7-10-27/h5-16,19,22,24-25,28H,17-18,20-21,23H2,1-4H3,(H2,36,37,41). The van der Waals surface area contributed by atoms with Crippen LogP contribution in [0.25, 0.3) is 11.8 Å². The second-order valence-corrected chi connectivity index (χ2v) is 14.3. The molecule has 0 bridgehead atoms. The fourth-order valence-electron chi connectivity index (χ4n) is 5.29. The third kappa shape index (κ3) is 8.03. The molecule has 230 valence electrons. The zero-order valence-electron chi connectivity index (χ0n) is 25.8. The van der Waals surface area contributed by atoms with Gasteiger partial charge >= 0.3 is 6.03 Å². The molecule has 1 aliphatic heterocycles. The quantitative estimate of drug-likeness (QED) is 0.217. The van der Waals surface area contributed by atoms with Gasteiger partial charge in [-0.15, -0.1) is 0 Å². The number of hydrogen-bond acceptors (Lipinski definition) is 4. The van der Waals surface area contributed by atoms with Gasteiger partial charge in [0.2, 0.25) is 10.0 Å². The fraction of sp³-hybridized carbons (Fsp3) is 0.314. The predicted molar refractivity (Wildman–Crippen MR) is 178 cm³/mol. The van der Waals surface area contributed by atoms with Crippen LogP contribution in [-0.4, -0.2) is 41.6 Å². The van der Waals surface area contributed by atoms with Crippen molar-refractivity contribution >= 4 is 33.6 Å². The molecule has 0 saturated carbocycles. The Morgan fingerprint density at radius 3 is 2.32 bits per heavy atom. The van der Waals surface area contributed by atoms with Gasteiger partial charge in [0.1, 0.15) is 5.82 Å². The minimum atomic E-state index is -3.46. The van der Waals surface area contributed by atoms with E-state index in [4.69, 9.17) is 5.10 Å². The lowest BCUT2D eigenvalue weighted by molar-refractivity contribution is 0.262. The Hall–Kier alpha value is -4.21. The molecule has 0 radical (unpaired) electrons. The van der Waals surface area contributed by atoms with Gasteiger partial charge < -0.3 is 5.32 Å². The molecule has 3 aromatic carbocycles. The molecule has 0 aliphatic carbocycles. The molecule has 1 saturated heterocycles. The fourth-order valence-corrected chi connectivity index (χ4v) is 6.51. The number of carbonyl (C=O) groups excluding carboxylic acids is 1. The molecule has 4 aromatic rings. The summed E-state index contributed by atoms with van der Waals surface area (Å²) in [4.78, 5) is 13.1. The highest BCUT2D eigenvalue weighted by atomic mass is 32.2. The topological polar surface area (TPSA) is 96.3 Å². The maximum Gasteiger partial charge on any atom is 0.324 e. The van der Waals surface area contributed by atoms with Crippen molar-refractivity contribution in [1.82, 2.24) is 14.1 Å². The molecule has 9 heteroatoms. The van der Waals surface area contributed by atoms with Crippen LogP contribution in [0.4, 0.5) is 16.3 Å². The minimum Gasteiger partial charge on any atom is -0.308 e. The normalized spacial score (nSPS) is 15.0. The summed E-state index contributed by atoms with van der Waals surface area (Å²) in [6, 6.07) is 26.9. The van der Waals surface area contributed by atoms with Crippen molar-refractivity contribution < 1.29 is 13.2 Å². The van der Waals surface area contributed by atoms with E-state index in [2.05, 4.69) is 37.5 Å². The van der Waals surface area contributed by atoms with E-state index in [9.17, 15) is 13.2 Å². The van der Waals surface area contributed by atoms with Crippen molar-refractivity contribution in [2.45, 2.75) is 52.4 Å². The molecule has 1 aromatic heterocycles. The first-order valence-electron chi connectivity index (χ1n) is 15.0. The average molecular weight is 612 g/mol. The first-order chi connectivity index (χ1) is 21.0. The zero-order valence-corrected chi connectivity index (χ0v) is 26.6. The Morgan fingerprint density at radius 1 is 0.932 bits per heavy atom. The number of nitrogens with zero attached hydrogens (tertiary/aromatic N) is 3. The number of anilines is 2. The van der Waals surface area contributed by atoms with Crippen LogP contribution >= 0.6 is 0 Å². The number of sulfonamides is 1. The highest BCUT2D eigenvalue weighted by molar-refractivity contribution is 7.92. The van der Waals surface area contributed by atoms with Crippen molar-refractivity contribution in [3.8, 4) is 5.69 Å². The van der Waals surface area contributed by atoms with Gasteiger partial charge in [0.25, 0.3) is 0 Å². The molecule has 8 nitrogen and oxygen atoms in total. The van der Waals surface area contributed by atoms with Gasteiger partial charge in [-0.2, -0.15) is 9.40 Å². The highest BCUT2D eigenvalue weighted by Gasteiger charge is 2.26. The number of rotatable bonds is 8. The number of hydrogen-bond donors (Lipinski definition) is 2. The van der Waals surface area contributed by atoms with E-state index >= 15 is 0 Å². The van der Waals surface area contributed by atoms with Gasteiger partial charge in [-0.05, 0) is 73.6 Å². The molecule has 2 N–H and O–H groups in total. The van der Waals surface area contributed by atoms with Crippen molar-refractivity contribution in [2.75, 3.05) is 23.7 Å². The van der Waals surface area contributed by atoms with Crippen molar-refractivity contribution in [3.63, 3.8) is 0 Å². The van der Waals surface area contributed by atoms with Gasteiger partial charge in [-0.1, -0.05) is 80.9 Å². The van der Waals surface area contributed by atoms with Crippen LogP contribution in [0.1, 0.15) is 56.0 Å². The number of benzene rings is 3. The third-order valence-electron chi connectivity index (χ3n) is 7.87. The molecule has 1 aliphatic rings. The van der Waals surface area contributed by atoms with Crippen LogP contribution in [0.5, 0.6) is 0 Å². The summed E-state index contributed by atoms with van der Waals surface area (Å²) in [5, 5.41) is 12.1. The molecular weight excluding hydrogens is 570 g/mol. The first kappa shape index (κ1) is 31.2. The molecule has 5 rings (SSSR count). The molecular formula is C35H41N5O3S. The summed E-state index contributed by atoms with van der Waals surface area (Å²) in [5.74, 6) is 0.955. The van der Waals surface area contributed by atoms with E-state index in [0.29, 0.717) is 30.5 Å². The number of aromatic nitrogens is 2. The molecule has 2 heterocycles. The maximum absolute atomic E-state index is 13.1. The number of urea groups is 1. The van der Waals surface area contributed by atoms with Crippen LogP contribution in [0, 0.1) is 12.8 Å². The van der Waals surface area contributed by atoms with Crippen molar-refractivity contribution in [3.05, 3.63) is 113 Å². The second-order valence-electron chi connectivity index (χ2n) is 12.5. The highest BCUT2D eigenvalue weighted by Crippen LogP contribution is 2.28. The molecule has 1 fully saturated rings. The number of nitrogens with one attached hydrogen (secondary N) is 2. The summed E-state index contributed by atoms with van der Waals surface area (Å²) >= 11 is 0. The number of amides is 2. The summed E-state index contributed by atoms with van der Waals surface area (Å²) in [7, 11) is -3.46. The molecule has 0 unspecified atom stereocenters. The maximum atomic E-state index is 13.1. The van der Waals surface area contributed by atoms with E-state index in [1.54, 1.807) is 15.1 Å². The lowest BCUT2D eigenvalue weighted by atomic mass is 9.91. The molecule has 0 atom stereocenters. The first-order valence-corrected chi connectivity index (χ1v) is 16.5. The van der Waals surface area contributed by atoms with E-state index in [0.717, 1.165) is 47.3 Å². The monoisotopic (exact) mass is 611 g/mol. The van der Waals surface area contributed by atoms with Crippen LogP contribution < -0.4 is 10.6 Å². The van der Waals surface area contributed by atoms with Gasteiger partial charge in [-0.25, -0.2) is 17.9 Å². The SMILES string of the molecule is Cc1ccc(-n2nc(C(C)(C)C)cc2NC(=O)Nc2cccc(CC3CCN(S(=O)(=O)C=Cc4ccccc4)CC3)c2)cc1. The minimum absolute atomic E-state index is 0.184. The molecule has 2 amide bonds. The lowest BCUT2D eigenvalue weighted by Crippen LogP contribution is -2.37. The van der Waals surface area contributed by atoms with Crippen LogP contribution in [0.15, 0.2) is 90.3 Å². The summed E-state index contributed by atoms with van der Waals surface area (Å²) in [5.41, 5.74) is 5.37. The van der Waals surface area contributed by atoms with Gasteiger partial charge in [0, 0.05) is 35.7 Å². The Morgan fingerprint density at radius 2 is 1.64 bits per heavy atom. The Labute approximate surface area is 260 Å². The number of aryl methyl sites for hydroxylation is 1.